The summed E-state index contributed by atoms with van der Waals surface area (Å²) in [7, 11) is 0. The van der Waals surface area contributed by atoms with Crippen molar-refractivity contribution in [2.24, 2.45) is 0 Å². The van der Waals surface area contributed by atoms with Crippen molar-refractivity contribution < 1.29 is 28.6 Å². The Morgan fingerprint density at radius 3 is 0.571 bits per heavy atom. The van der Waals surface area contributed by atoms with Gasteiger partial charge in [-0.1, -0.05) is 335 Å². The number of hydrogen-bond acceptors (Lipinski definition) is 6. The zero-order valence-corrected chi connectivity index (χ0v) is 47.8. The second-order valence-electron chi connectivity index (χ2n) is 22.1. The standard InChI is InChI=1S/C64H124O6/c1-4-7-10-13-16-18-20-22-23-24-25-26-27-28-29-30-31-32-33-34-35-36-37-38-39-40-41-43-44-46-48-51-54-57-63(66)69-60-61(59-68-62(65)56-53-50-15-12-9-6-3)70-64(67)58-55-52-49-47-45-42-21-19-17-14-11-8-5-2/h61H,4-60H2,1-3H3. The van der Waals surface area contributed by atoms with Gasteiger partial charge < -0.3 is 14.2 Å². The summed E-state index contributed by atoms with van der Waals surface area (Å²) in [5.74, 6) is -0.847. The van der Waals surface area contributed by atoms with Crippen molar-refractivity contribution in [2.75, 3.05) is 13.2 Å². The number of rotatable bonds is 60. The summed E-state index contributed by atoms with van der Waals surface area (Å²) in [5, 5.41) is 0. The third kappa shape index (κ3) is 57.3. The van der Waals surface area contributed by atoms with Crippen molar-refractivity contribution in [2.45, 2.75) is 380 Å². The molecule has 0 aromatic carbocycles. The Morgan fingerprint density at radius 2 is 0.386 bits per heavy atom. The first kappa shape index (κ1) is 68.4. The van der Waals surface area contributed by atoms with E-state index < -0.39 is 6.10 Å². The van der Waals surface area contributed by atoms with Gasteiger partial charge in [-0.25, -0.2) is 0 Å². The predicted molar refractivity (Wildman–Crippen MR) is 303 cm³/mol. The van der Waals surface area contributed by atoms with Gasteiger partial charge in [0.2, 0.25) is 0 Å². The molecule has 6 nitrogen and oxygen atoms in total. The van der Waals surface area contributed by atoms with E-state index in [-0.39, 0.29) is 31.1 Å². The lowest BCUT2D eigenvalue weighted by atomic mass is 10.0. The summed E-state index contributed by atoms with van der Waals surface area (Å²) >= 11 is 0. The zero-order chi connectivity index (χ0) is 50.7. The van der Waals surface area contributed by atoms with Crippen LogP contribution in [0, 0.1) is 0 Å². The molecule has 0 aromatic rings. The first-order chi connectivity index (χ1) is 34.5. The largest absolute Gasteiger partial charge is 0.462 e. The molecular formula is C64H124O6. The molecule has 0 radical (unpaired) electrons. The fourth-order valence-corrected chi connectivity index (χ4v) is 10.0. The van der Waals surface area contributed by atoms with Crippen LogP contribution in [0.25, 0.3) is 0 Å². The molecule has 0 aromatic heterocycles. The van der Waals surface area contributed by atoms with Gasteiger partial charge in [-0.05, 0) is 19.3 Å². The normalized spacial score (nSPS) is 11.9. The lowest BCUT2D eigenvalue weighted by Gasteiger charge is -2.18. The number of hydrogen-bond donors (Lipinski definition) is 0. The second kappa shape index (κ2) is 60.0. The number of carbonyl (C=O) groups is 3. The fourth-order valence-electron chi connectivity index (χ4n) is 10.0. The van der Waals surface area contributed by atoms with Gasteiger partial charge in [0.15, 0.2) is 6.10 Å². The Kier molecular flexibility index (Phi) is 58.6. The maximum Gasteiger partial charge on any atom is 0.306 e. The molecule has 70 heavy (non-hydrogen) atoms. The molecule has 416 valence electrons. The van der Waals surface area contributed by atoms with Crippen LogP contribution in [-0.4, -0.2) is 37.2 Å². The van der Waals surface area contributed by atoms with Gasteiger partial charge in [-0.15, -0.1) is 0 Å². The van der Waals surface area contributed by atoms with Crippen molar-refractivity contribution in [1.82, 2.24) is 0 Å². The van der Waals surface area contributed by atoms with E-state index in [4.69, 9.17) is 14.2 Å². The summed E-state index contributed by atoms with van der Waals surface area (Å²) in [4.78, 5) is 37.8. The van der Waals surface area contributed by atoms with Crippen molar-refractivity contribution in [1.29, 1.82) is 0 Å². The van der Waals surface area contributed by atoms with Crippen LogP contribution in [0.4, 0.5) is 0 Å². The molecule has 6 heteroatoms. The minimum Gasteiger partial charge on any atom is -0.462 e. The minimum absolute atomic E-state index is 0.0624. The van der Waals surface area contributed by atoms with Crippen LogP contribution >= 0.6 is 0 Å². The van der Waals surface area contributed by atoms with E-state index >= 15 is 0 Å². The van der Waals surface area contributed by atoms with Gasteiger partial charge in [-0.3, -0.25) is 14.4 Å². The Hall–Kier alpha value is -1.59. The van der Waals surface area contributed by atoms with Gasteiger partial charge in [0, 0.05) is 19.3 Å². The van der Waals surface area contributed by atoms with Crippen LogP contribution < -0.4 is 0 Å². The molecule has 0 heterocycles. The number of unbranched alkanes of at least 4 members (excludes halogenated alkanes) is 49. The number of carbonyl (C=O) groups excluding carboxylic acids is 3. The lowest BCUT2D eigenvalue weighted by Crippen LogP contribution is -2.30. The van der Waals surface area contributed by atoms with E-state index in [2.05, 4.69) is 20.8 Å². The number of esters is 3. The van der Waals surface area contributed by atoms with E-state index in [1.165, 1.54) is 276 Å². The molecule has 1 atom stereocenters. The van der Waals surface area contributed by atoms with Gasteiger partial charge in [0.1, 0.15) is 13.2 Å². The average molecular weight is 990 g/mol. The minimum atomic E-state index is -0.759. The third-order valence-electron chi connectivity index (χ3n) is 14.9. The van der Waals surface area contributed by atoms with E-state index in [0.29, 0.717) is 19.3 Å². The SMILES string of the molecule is CCCCCCCCCCCCCCCCCCCCCCCCCCCCCCCCCCCC(=O)OCC(COC(=O)CCCCCCCC)OC(=O)CCCCCCCCCCCCCCC. The smallest absolute Gasteiger partial charge is 0.306 e. The molecule has 0 aliphatic rings. The van der Waals surface area contributed by atoms with Crippen LogP contribution in [0.1, 0.15) is 374 Å². The third-order valence-corrected chi connectivity index (χ3v) is 14.9. The molecule has 0 saturated carbocycles. The first-order valence-corrected chi connectivity index (χ1v) is 32.0. The van der Waals surface area contributed by atoms with Gasteiger partial charge >= 0.3 is 17.9 Å². The van der Waals surface area contributed by atoms with Crippen LogP contribution in [0.2, 0.25) is 0 Å². The molecular weight excluding hydrogens is 865 g/mol. The first-order valence-electron chi connectivity index (χ1n) is 32.0. The molecule has 1 unspecified atom stereocenters. The van der Waals surface area contributed by atoms with Crippen molar-refractivity contribution >= 4 is 17.9 Å². The highest BCUT2D eigenvalue weighted by molar-refractivity contribution is 5.71. The van der Waals surface area contributed by atoms with Crippen LogP contribution in [0.15, 0.2) is 0 Å². The van der Waals surface area contributed by atoms with Crippen molar-refractivity contribution in [3.63, 3.8) is 0 Å². The summed E-state index contributed by atoms with van der Waals surface area (Å²) in [5.41, 5.74) is 0. The monoisotopic (exact) mass is 989 g/mol. The molecule has 0 amide bonds. The summed E-state index contributed by atoms with van der Waals surface area (Å²) in [6.07, 6.45) is 68.9. The predicted octanol–water partition coefficient (Wildman–Crippen LogP) is 21.5. The maximum absolute atomic E-state index is 12.8. The lowest BCUT2D eigenvalue weighted by molar-refractivity contribution is -0.167. The molecule has 0 rings (SSSR count). The van der Waals surface area contributed by atoms with Crippen LogP contribution in [-0.2, 0) is 28.6 Å². The molecule has 0 N–H and O–H groups in total. The van der Waals surface area contributed by atoms with Gasteiger partial charge in [0.05, 0.1) is 0 Å². The van der Waals surface area contributed by atoms with Crippen molar-refractivity contribution in [3.05, 3.63) is 0 Å². The number of ether oxygens (including phenoxy) is 3. The zero-order valence-electron chi connectivity index (χ0n) is 47.8. The Labute approximate surface area is 438 Å². The summed E-state index contributed by atoms with van der Waals surface area (Å²) < 4.78 is 16.8. The Balaban J connectivity index is 3.84. The molecule has 0 aliphatic heterocycles. The maximum atomic E-state index is 12.8. The van der Waals surface area contributed by atoms with Gasteiger partial charge in [-0.2, -0.15) is 0 Å². The molecule has 0 saturated heterocycles. The summed E-state index contributed by atoms with van der Waals surface area (Å²) in [6.45, 7) is 6.64. The molecule has 0 aliphatic carbocycles. The molecule has 0 fully saturated rings. The molecule has 0 bridgehead atoms. The average Bonchev–Trinajstić information content (AvgIpc) is 3.36. The van der Waals surface area contributed by atoms with Crippen LogP contribution in [0.5, 0.6) is 0 Å². The second-order valence-corrected chi connectivity index (χ2v) is 22.1. The topological polar surface area (TPSA) is 78.9 Å². The Morgan fingerprint density at radius 1 is 0.229 bits per heavy atom. The fraction of sp³-hybridized carbons (Fsp3) is 0.953. The highest BCUT2D eigenvalue weighted by Crippen LogP contribution is 2.19. The van der Waals surface area contributed by atoms with E-state index in [9.17, 15) is 14.4 Å². The van der Waals surface area contributed by atoms with E-state index in [1.54, 1.807) is 0 Å². The van der Waals surface area contributed by atoms with Crippen molar-refractivity contribution in [3.8, 4) is 0 Å². The highest BCUT2D eigenvalue weighted by Gasteiger charge is 2.19. The molecule has 0 spiro atoms. The van der Waals surface area contributed by atoms with E-state index in [1.807, 2.05) is 0 Å². The van der Waals surface area contributed by atoms with E-state index in [0.717, 1.165) is 57.8 Å². The highest BCUT2D eigenvalue weighted by atomic mass is 16.6. The quantitative estimate of drug-likeness (QED) is 0.0343. The van der Waals surface area contributed by atoms with Gasteiger partial charge in [0.25, 0.3) is 0 Å². The summed E-state index contributed by atoms with van der Waals surface area (Å²) in [6, 6.07) is 0. The Bertz CT molecular complexity index is 1040. The van der Waals surface area contributed by atoms with Crippen LogP contribution in [0.3, 0.4) is 0 Å².